The van der Waals surface area contributed by atoms with Gasteiger partial charge in [0.05, 0.1) is 36.8 Å². The van der Waals surface area contributed by atoms with Crippen molar-refractivity contribution in [3.63, 3.8) is 0 Å². The van der Waals surface area contributed by atoms with Crippen LogP contribution in [0, 0.1) is 17.0 Å². The molecule has 12 heteroatoms. The molecule has 0 aliphatic rings. The number of anilines is 1. The molecule has 0 saturated heterocycles. The fourth-order valence-corrected chi connectivity index (χ4v) is 3.03. The second kappa shape index (κ2) is 8.37. The van der Waals surface area contributed by atoms with Crippen molar-refractivity contribution >= 4 is 31.5 Å². The Labute approximate surface area is 140 Å². The molecule has 0 aliphatic carbocycles. The summed E-state index contributed by atoms with van der Waals surface area (Å²) in [7, 11) is -7.43. The van der Waals surface area contributed by atoms with E-state index < -0.39 is 30.8 Å². The van der Waals surface area contributed by atoms with E-state index in [-0.39, 0.29) is 31.2 Å². The van der Waals surface area contributed by atoms with Crippen LogP contribution in [0.25, 0.3) is 0 Å². The van der Waals surface area contributed by atoms with Crippen LogP contribution in [0.15, 0.2) is 18.2 Å². The highest BCUT2D eigenvalue weighted by Crippen LogP contribution is 2.28. The van der Waals surface area contributed by atoms with Crippen LogP contribution >= 0.6 is 0 Å². The second-order valence-corrected chi connectivity index (χ2v) is 8.27. The Morgan fingerprint density at radius 3 is 2.42 bits per heavy atom. The van der Waals surface area contributed by atoms with Crippen molar-refractivity contribution in [2.24, 2.45) is 0 Å². The van der Waals surface area contributed by atoms with Crippen molar-refractivity contribution in [2.75, 3.05) is 36.6 Å². The van der Waals surface area contributed by atoms with Gasteiger partial charge in [-0.1, -0.05) is 12.1 Å². The van der Waals surface area contributed by atoms with E-state index in [1.54, 1.807) is 0 Å². The van der Waals surface area contributed by atoms with Gasteiger partial charge in [-0.15, -0.1) is 0 Å². The Bertz CT molecular complexity index is 789. The molecular weight excluding hydrogens is 364 g/mol. The monoisotopic (exact) mass is 382 g/mol. The van der Waals surface area contributed by atoms with Gasteiger partial charge in [0.1, 0.15) is 5.69 Å². The fraction of sp³-hybridized carbons (Fsp3) is 0.500. The minimum atomic E-state index is -3.86. The summed E-state index contributed by atoms with van der Waals surface area (Å²) in [6, 6.07) is 4.30. The lowest BCUT2D eigenvalue weighted by Crippen LogP contribution is -2.22. The average molecular weight is 382 g/mol. The zero-order valence-corrected chi connectivity index (χ0v) is 14.7. The molecule has 136 valence electrons. The molecule has 0 radical (unpaired) electrons. The zero-order valence-electron chi connectivity index (χ0n) is 13.1. The molecule has 10 nitrogen and oxygen atoms in total. The molecule has 0 unspecified atom stereocenters. The summed E-state index contributed by atoms with van der Waals surface area (Å²) in [6.07, 6.45) is 0.885. The summed E-state index contributed by atoms with van der Waals surface area (Å²) >= 11 is 0. The van der Waals surface area contributed by atoms with Gasteiger partial charge in [0, 0.05) is 5.56 Å². The van der Waals surface area contributed by atoms with Gasteiger partial charge < -0.3 is 4.74 Å². The van der Waals surface area contributed by atoms with Crippen LogP contribution in [0.4, 0.5) is 11.4 Å². The van der Waals surface area contributed by atoms with Crippen LogP contribution < -0.4 is 4.72 Å². The molecule has 0 heterocycles. The van der Waals surface area contributed by atoms with Crippen LogP contribution in [-0.4, -0.2) is 53.6 Å². The molecule has 0 amide bonds. The van der Waals surface area contributed by atoms with Crippen molar-refractivity contribution in [3.8, 4) is 0 Å². The Morgan fingerprint density at radius 2 is 1.83 bits per heavy atom. The van der Waals surface area contributed by atoms with Gasteiger partial charge in [-0.25, -0.2) is 8.42 Å². The van der Waals surface area contributed by atoms with E-state index in [9.17, 15) is 26.9 Å². The van der Waals surface area contributed by atoms with E-state index in [1.807, 2.05) is 0 Å². The number of para-hydroxylation sites is 1. The number of nitrogens with zero attached hydrogens (tertiary/aromatic N) is 1. The minimum absolute atomic E-state index is 0.104. The van der Waals surface area contributed by atoms with Gasteiger partial charge in [0.25, 0.3) is 15.8 Å². The van der Waals surface area contributed by atoms with Gasteiger partial charge in [0.2, 0.25) is 10.0 Å². The molecule has 0 bridgehead atoms. The Hall–Kier alpha value is -1.76. The second-order valence-electron chi connectivity index (χ2n) is 4.79. The van der Waals surface area contributed by atoms with E-state index in [4.69, 9.17) is 4.74 Å². The predicted octanol–water partition coefficient (Wildman–Crippen LogP) is 0.638. The number of nitro benzene ring substituents is 1. The maximum Gasteiger partial charge on any atom is 0.296 e. The number of nitro groups is 1. The standard InChI is InChI=1S/C12H18N2O8S2/c1-10-4-3-5-11(12(10)14(15)16)13-24(19,20)9-8-21-6-7-22-23(2,17)18/h3-5,13H,6-9H2,1-2H3. The van der Waals surface area contributed by atoms with Gasteiger partial charge in [-0.3, -0.25) is 19.0 Å². The van der Waals surface area contributed by atoms with E-state index in [1.165, 1.54) is 25.1 Å². The van der Waals surface area contributed by atoms with E-state index in [0.717, 1.165) is 6.26 Å². The molecule has 0 saturated carbocycles. The van der Waals surface area contributed by atoms with E-state index in [2.05, 4.69) is 8.91 Å². The molecule has 1 aromatic rings. The number of sulfonamides is 1. The fourth-order valence-electron chi connectivity index (χ4n) is 1.72. The number of hydrogen-bond donors (Lipinski definition) is 1. The van der Waals surface area contributed by atoms with Crippen molar-refractivity contribution < 1.29 is 30.7 Å². The lowest BCUT2D eigenvalue weighted by molar-refractivity contribution is -0.384. The molecule has 0 aliphatic heterocycles. The third kappa shape index (κ3) is 7.21. The Balaban J connectivity index is 2.56. The van der Waals surface area contributed by atoms with Gasteiger partial charge in [-0.05, 0) is 13.0 Å². The molecular formula is C12H18N2O8S2. The van der Waals surface area contributed by atoms with Crippen molar-refractivity contribution in [2.45, 2.75) is 6.92 Å². The molecule has 1 N–H and O–H groups in total. The van der Waals surface area contributed by atoms with Crippen molar-refractivity contribution in [3.05, 3.63) is 33.9 Å². The highest BCUT2D eigenvalue weighted by Gasteiger charge is 2.21. The first kappa shape index (κ1) is 20.3. The predicted molar refractivity (Wildman–Crippen MR) is 86.9 cm³/mol. The van der Waals surface area contributed by atoms with E-state index >= 15 is 0 Å². The number of hydrogen-bond acceptors (Lipinski definition) is 8. The molecule has 0 atom stereocenters. The minimum Gasteiger partial charge on any atom is -0.378 e. The maximum absolute atomic E-state index is 11.9. The maximum atomic E-state index is 11.9. The summed E-state index contributed by atoms with van der Waals surface area (Å²) in [5.74, 6) is -0.447. The van der Waals surface area contributed by atoms with Gasteiger partial charge in [-0.2, -0.15) is 8.42 Å². The number of ether oxygens (including phenoxy) is 1. The summed E-state index contributed by atoms with van der Waals surface area (Å²) in [5.41, 5.74) is -0.113. The number of benzene rings is 1. The molecule has 1 rings (SSSR count). The van der Waals surface area contributed by atoms with Crippen molar-refractivity contribution in [1.82, 2.24) is 0 Å². The zero-order chi connectivity index (χ0) is 18.4. The van der Waals surface area contributed by atoms with Crippen LogP contribution in [0.3, 0.4) is 0 Å². The molecule has 0 aromatic heterocycles. The normalized spacial score (nSPS) is 12.1. The van der Waals surface area contributed by atoms with Crippen LogP contribution in [0.5, 0.6) is 0 Å². The lowest BCUT2D eigenvalue weighted by Gasteiger charge is -2.10. The lowest BCUT2D eigenvalue weighted by atomic mass is 10.2. The first-order valence-electron chi connectivity index (χ1n) is 6.68. The molecule has 1 aromatic carbocycles. The molecule has 0 spiro atoms. The Kier molecular flexibility index (Phi) is 7.08. The first-order chi connectivity index (χ1) is 11.0. The largest absolute Gasteiger partial charge is 0.378 e. The van der Waals surface area contributed by atoms with Crippen LogP contribution in [0.2, 0.25) is 0 Å². The van der Waals surface area contributed by atoms with Gasteiger partial charge >= 0.3 is 0 Å². The summed E-state index contributed by atoms with van der Waals surface area (Å²) in [6.45, 7) is 0.950. The quantitative estimate of drug-likeness (QED) is 0.269. The third-order valence-electron chi connectivity index (χ3n) is 2.71. The third-order valence-corrected chi connectivity index (χ3v) is 4.54. The summed E-state index contributed by atoms with van der Waals surface area (Å²) in [5, 5.41) is 11.0. The van der Waals surface area contributed by atoms with Gasteiger partial charge in [0.15, 0.2) is 0 Å². The highest BCUT2D eigenvalue weighted by molar-refractivity contribution is 7.92. The van der Waals surface area contributed by atoms with E-state index in [0.29, 0.717) is 5.56 Å². The average Bonchev–Trinajstić information content (AvgIpc) is 2.40. The van der Waals surface area contributed by atoms with Crippen molar-refractivity contribution in [1.29, 1.82) is 0 Å². The SMILES string of the molecule is Cc1cccc(NS(=O)(=O)CCOCCOS(C)(=O)=O)c1[N+](=O)[O-]. The molecule has 0 fully saturated rings. The topological polar surface area (TPSA) is 142 Å². The number of nitrogens with one attached hydrogen (secondary N) is 1. The summed E-state index contributed by atoms with van der Waals surface area (Å²) < 4.78 is 56.8. The highest BCUT2D eigenvalue weighted by atomic mass is 32.2. The molecule has 24 heavy (non-hydrogen) atoms. The first-order valence-corrected chi connectivity index (χ1v) is 10.2. The smallest absolute Gasteiger partial charge is 0.296 e. The Morgan fingerprint density at radius 1 is 1.17 bits per heavy atom. The summed E-state index contributed by atoms with van der Waals surface area (Å²) in [4.78, 5) is 10.4. The number of aryl methyl sites for hydroxylation is 1. The number of rotatable bonds is 10. The van der Waals surface area contributed by atoms with Crippen LogP contribution in [0.1, 0.15) is 5.56 Å². The van der Waals surface area contributed by atoms with Crippen LogP contribution in [-0.2, 0) is 29.1 Å².